The Hall–Kier alpha value is -1.69. The van der Waals surface area contributed by atoms with Crippen LogP contribution in [0.2, 0.25) is 0 Å². The third-order valence-corrected chi connectivity index (χ3v) is 3.66. The second kappa shape index (κ2) is 6.85. The van der Waals surface area contributed by atoms with Crippen LogP contribution in [0, 0.1) is 11.8 Å². The fourth-order valence-corrected chi connectivity index (χ4v) is 2.50. The van der Waals surface area contributed by atoms with Crippen LogP contribution in [0.4, 0.5) is 0 Å². The highest BCUT2D eigenvalue weighted by atomic mass is 32.1. The summed E-state index contributed by atoms with van der Waals surface area (Å²) in [4.78, 5) is 36.9. The number of esters is 2. The molecule has 2 atom stereocenters. The maximum absolute atomic E-state index is 12.5. The van der Waals surface area contributed by atoms with E-state index >= 15 is 0 Å². The van der Waals surface area contributed by atoms with Gasteiger partial charge in [-0.05, 0) is 32.2 Å². The van der Waals surface area contributed by atoms with Crippen LogP contribution in [0.3, 0.4) is 0 Å². The van der Waals surface area contributed by atoms with E-state index in [2.05, 4.69) is 4.74 Å². The highest BCUT2D eigenvalue weighted by Gasteiger charge is 2.40. The van der Waals surface area contributed by atoms with E-state index in [1.54, 1.807) is 38.3 Å². The van der Waals surface area contributed by atoms with Crippen molar-refractivity contribution in [3.8, 4) is 0 Å². The fraction of sp³-hybridized carbons (Fsp3) is 0.533. The van der Waals surface area contributed by atoms with Gasteiger partial charge < -0.3 is 9.47 Å². The topological polar surface area (TPSA) is 69.7 Å². The summed E-state index contributed by atoms with van der Waals surface area (Å²) in [5, 5.41) is 1.74. The Morgan fingerprint density at radius 1 is 1.19 bits per heavy atom. The third-order valence-electron chi connectivity index (χ3n) is 2.78. The van der Waals surface area contributed by atoms with Crippen LogP contribution in [0.15, 0.2) is 17.5 Å². The summed E-state index contributed by atoms with van der Waals surface area (Å²) in [5.41, 5.74) is -0.735. The minimum Gasteiger partial charge on any atom is -0.469 e. The molecule has 1 aromatic heterocycles. The van der Waals surface area contributed by atoms with Crippen molar-refractivity contribution in [2.75, 3.05) is 7.11 Å². The zero-order chi connectivity index (χ0) is 16.2. The van der Waals surface area contributed by atoms with Gasteiger partial charge in [0.2, 0.25) is 0 Å². The number of hydrogen-bond donors (Lipinski definition) is 0. The highest BCUT2D eigenvalue weighted by molar-refractivity contribution is 7.12. The largest absolute Gasteiger partial charge is 0.469 e. The Morgan fingerprint density at radius 2 is 1.81 bits per heavy atom. The van der Waals surface area contributed by atoms with Crippen molar-refractivity contribution in [2.24, 2.45) is 11.8 Å². The Balaban J connectivity index is 3.08. The maximum Gasteiger partial charge on any atom is 0.318 e. The monoisotopic (exact) mass is 312 g/mol. The zero-order valence-electron chi connectivity index (χ0n) is 12.8. The van der Waals surface area contributed by atoms with E-state index in [1.165, 1.54) is 25.4 Å². The van der Waals surface area contributed by atoms with E-state index in [4.69, 9.17) is 4.74 Å². The Morgan fingerprint density at radius 3 is 2.24 bits per heavy atom. The molecule has 116 valence electrons. The van der Waals surface area contributed by atoms with Crippen molar-refractivity contribution in [1.82, 2.24) is 0 Å². The van der Waals surface area contributed by atoms with Gasteiger partial charge in [-0.25, -0.2) is 0 Å². The number of ketones is 1. The molecule has 1 heterocycles. The summed E-state index contributed by atoms with van der Waals surface area (Å²) in [6, 6.07) is 3.33. The van der Waals surface area contributed by atoms with Gasteiger partial charge in [0.05, 0.1) is 17.9 Å². The van der Waals surface area contributed by atoms with Gasteiger partial charge in [0, 0.05) is 0 Å². The normalized spacial score (nSPS) is 14.1. The number of hydrogen-bond acceptors (Lipinski definition) is 6. The van der Waals surface area contributed by atoms with E-state index in [1.807, 2.05) is 0 Å². The van der Waals surface area contributed by atoms with E-state index in [-0.39, 0.29) is 0 Å². The molecule has 6 heteroatoms. The maximum atomic E-state index is 12.5. The first kappa shape index (κ1) is 17.4. The van der Waals surface area contributed by atoms with Crippen LogP contribution in [0.25, 0.3) is 0 Å². The lowest BCUT2D eigenvalue weighted by molar-refractivity contribution is -0.164. The van der Waals surface area contributed by atoms with Crippen LogP contribution in [-0.4, -0.2) is 30.4 Å². The first-order valence-corrected chi connectivity index (χ1v) is 7.43. The summed E-state index contributed by atoms with van der Waals surface area (Å²) < 4.78 is 9.92. The lowest BCUT2D eigenvalue weighted by Crippen LogP contribution is -2.39. The van der Waals surface area contributed by atoms with E-state index in [0.717, 1.165) is 0 Å². The van der Waals surface area contributed by atoms with E-state index < -0.39 is 35.2 Å². The van der Waals surface area contributed by atoms with Gasteiger partial charge >= 0.3 is 11.9 Å². The lowest BCUT2D eigenvalue weighted by Gasteiger charge is -2.25. The lowest BCUT2D eigenvalue weighted by atomic mass is 9.89. The van der Waals surface area contributed by atoms with E-state index in [0.29, 0.717) is 4.88 Å². The van der Waals surface area contributed by atoms with Crippen LogP contribution < -0.4 is 0 Å². The van der Waals surface area contributed by atoms with Crippen LogP contribution in [-0.2, 0) is 19.1 Å². The molecule has 0 radical (unpaired) electrons. The molecule has 0 saturated heterocycles. The fourth-order valence-electron chi connectivity index (χ4n) is 1.80. The molecule has 0 spiro atoms. The minimum absolute atomic E-state index is 0.418. The quantitative estimate of drug-likeness (QED) is 0.475. The summed E-state index contributed by atoms with van der Waals surface area (Å²) in [5.74, 6) is -3.85. The van der Waals surface area contributed by atoms with Gasteiger partial charge in [0.1, 0.15) is 11.5 Å². The molecule has 0 aliphatic heterocycles. The highest BCUT2D eigenvalue weighted by Crippen LogP contribution is 2.25. The SMILES string of the molecule is COC(=O)[C@@H](C)C(C(=O)OC(C)(C)C)C(=O)c1cccs1. The molecule has 0 saturated carbocycles. The van der Waals surface area contributed by atoms with Gasteiger partial charge in [0.15, 0.2) is 5.78 Å². The number of methoxy groups -OCH3 is 1. The van der Waals surface area contributed by atoms with Gasteiger partial charge in [-0.3, -0.25) is 14.4 Å². The average molecular weight is 312 g/mol. The number of thiophene rings is 1. The molecule has 0 fully saturated rings. The smallest absolute Gasteiger partial charge is 0.318 e. The molecular formula is C15H20O5S. The molecule has 5 nitrogen and oxygen atoms in total. The zero-order valence-corrected chi connectivity index (χ0v) is 13.7. The van der Waals surface area contributed by atoms with Crippen LogP contribution in [0.5, 0.6) is 0 Å². The number of rotatable bonds is 5. The third kappa shape index (κ3) is 4.67. The summed E-state index contributed by atoms with van der Waals surface area (Å²) in [6.07, 6.45) is 0. The summed E-state index contributed by atoms with van der Waals surface area (Å²) in [7, 11) is 1.22. The molecule has 21 heavy (non-hydrogen) atoms. The molecule has 0 aromatic carbocycles. The average Bonchev–Trinajstić information content (AvgIpc) is 2.89. The van der Waals surface area contributed by atoms with Crippen molar-refractivity contribution in [3.05, 3.63) is 22.4 Å². The molecule has 1 rings (SSSR count). The standard InChI is InChI=1S/C15H20O5S/c1-9(13(17)19-5)11(14(18)20-15(2,3)4)12(16)10-7-6-8-21-10/h6-9,11H,1-5H3/t9-,11?/m0/s1. The van der Waals surface area contributed by atoms with Gasteiger partial charge in [0.25, 0.3) is 0 Å². The summed E-state index contributed by atoms with van der Waals surface area (Å²) >= 11 is 1.22. The molecule has 0 amide bonds. The first-order valence-electron chi connectivity index (χ1n) is 6.55. The number of ether oxygens (including phenoxy) is 2. The van der Waals surface area contributed by atoms with Crippen molar-refractivity contribution in [3.63, 3.8) is 0 Å². The van der Waals surface area contributed by atoms with Gasteiger partial charge in [-0.1, -0.05) is 13.0 Å². The number of carbonyl (C=O) groups excluding carboxylic acids is 3. The molecular weight excluding hydrogens is 292 g/mol. The van der Waals surface area contributed by atoms with Gasteiger partial charge in [-0.15, -0.1) is 11.3 Å². The van der Waals surface area contributed by atoms with Crippen LogP contribution >= 0.6 is 11.3 Å². The first-order chi connectivity index (χ1) is 9.67. The van der Waals surface area contributed by atoms with Crippen molar-refractivity contribution < 1.29 is 23.9 Å². The van der Waals surface area contributed by atoms with Crippen molar-refractivity contribution >= 4 is 29.1 Å². The Labute approximate surface area is 128 Å². The van der Waals surface area contributed by atoms with Crippen LogP contribution in [0.1, 0.15) is 37.4 Å². The predicted octanol–water partition coefficient (Wildman–Crippen LogP) is 2.70. The second-order valence-corrected chi connectivity index (χ2v) is 6.61. The molecule has 0 aliphatic rings. The Kier molecular flexibility index (Phi) is 5.66. The van der Waals surface area contributed by atoms with E-state index in [9.17, 15) is 14.4 Å². The minimum atomic E-state index is -1.20. The van der Waals surface area contributed by atoms with Crippen molar-refractivity contribution in [2.45, 2.75) is 33.3 Å². The number of carbonyl (C=O) groups is 3. The summed E-state index contributed by atoms with van der Waals surface area (Å²) in [6.45, 7) is 6.62. The molecule has 0 N–H and O–H groups in total. The molecule has 0 aliphatic carbocycles. The molecule has 1 aromatic rings. The predicted molar refractivity (Wildman–Crippen MR) is 79.2 cm³/mol. The van der Waals surface area contributed by atoms with Crippen molar-refractivity contribution in [1.29, 1.82) is 0 Å². The molecule has 0 bridgehead atoms. The molecule has 1 unspecified atom stereocenters. The van der Waals surface area contributed by atoms with Gasteiger partial charge in [-0.2, -0.15) is 0 Å². The second-order valence-electron chi connectivity index (χ2n) is 5.66. The number of Topliss-reactive ketones (excluding diaryl/α,β-unsaturated/α-hetero) is 1. The Bertz CT molecular complexity index is 513.